The first kappa shape index (κ1) is 16.3. The molecule has 1 atom stereocenters. The first-order chi connectivity index (χ1) is 8.54. The molecule has 0 aliphatic carbocycles. The van der Waals surface area contributed by atoms with Crippen molar-refractivity contribution in [3.63, 3.8) is 0 Å². The molecule has 102 valence electrons. The number of carbonyl (C=O) groups is 2. The average molecular weight is 255 g/mol. The minimum absolute atomic E-state index is 0.0290. The van der Waals surface area contributed by atoms with Gasteiger partial charge >= 0.3 is 12.0 Å². The number of aliphatic carboxylic acids is 1. The van der Waals surface area contributed by atoms with Crippen LogP contribution in [0.2, 0.25) is 0 Å². The van der Waals surface area contributed by atoms with Crippen LogP contribution in [0.5, 0.6) is 0 Å². The number of likely N-dealkylation sites (N-methyl/N-ethyl adjacent to an activating group) is 1. The number of terminal acetylenes is 1. The number of hydrogen-bond acceptors (Lipinski definition) is 3. The van der Waals surface area contributed by atoms with Crippen LogP contribution in [-0.4, -0.2) is 54.2 Å². The van der Waals surface area contributed by atoms with E-state index in [1.807, 2.05) is 13.8 Å². The largest absolute Gasteiger partial charge is 0.480 e. The Hall–Kier alpha value is -1.74. The van der Waals surface area contributed by atoms with Gasteiger partial charge in [0.25, 0.3) is 0 Å². The molecule has 0 aromatic heterocycles. The summed E-state index contributed by atoms with van der Waals surface area (Å²) < 4.78 is 0. The number of nitrogens with one attached hydrogen (secondary N) is 2. The van der Waals surface area contributed by atoms with Gasteiger partial charge < -0.3 is 20.6 Å². The summed E-state index contributed by atoms with van der Waals surface area (Å²) in [5.41, 5.74) is 0. The highest BCUT2D eigenvalue weighted by atomic mass is 16.4. The van der Waals surface area contributed by atoms with Gasteiger partial charge in [-0.3, -0.25) is 0 Å². The predicted octanol–water partition coefficient (Wildman–Crippen LogP) is 0.104. The first-order valence-electron chi connectivity index (χ1n) is 5.98. The highest BCUT2D eigenvalue weighted by Crippen LogP contribution is 1.90. The smallest absolute Gasteiger partial charge is 0.327 e. The quantitative estimate of drug-likeness (QED) is 0.537. The molecule has 18 heavy (non-hydrogen) atoms. The summed E-state index contributed by atoms with van der Waals surface area (Å²) in [5.74, 6) is 1.08. The average Bonchev–Trinajstić information content (AvgIpc) is 2.34. The molecule has 0 saturated heterocycles. The maximum absolute atomic E-state index is 11.4. The van der Waals surface area contributed by atoms with E-state index in [1.54, 1.807) is 0 Å². The summed E-state index contributed by atoms with van der Waals surface area (Å²) >= 11 is 0. The molecule has 0 aromatic carbocycles. The Morgan fingerprint density at radius 1 is 1.39 bits per heavy atom. The van der Waals surface area contributed by atoms with Crippen molar-refractivity contribution in [2.75, 3.05) is 26.2 Å². The number of carbonyl (C=O) groups excluding carboxylic acids is 1. The summed E-state index contributed by atoms with van der Waals surface area (Å²) in [6, 6.07) is -1.55. The predicted molar refractivity (Wildman–Crippen MR) is 69.2 cm³/mol. The van der Waals surface area contributed by atoms with Crippen LogP contribution >= 0.6 is 0 Å². The van der Waals surface area contributed by atoms with Gasteiger partial charge in [0, 0.05) is 19.5 Å². The number of rotatable bonds is 8. The third-order valence-corrected chi connectivity index (χ3v) is 2.53. The second kappa shape index (κ2) is 9.31. The third-order valence-electron chi connectivity index (χ3n) is 2.53. The Bertz CT molecular complexity index is 308. The van der Waals surface area contributed by atoms with Gasteiger partial charge in [0.15, 0.2) is 0 Å². The molecule has 0 heterocycles. The molecule has 0 aliphatic rings. The summed E-state index contributed by atoms with van der Waals surface area (Å²) in [7, 11) is 0. The Kier molecular flexibility index (Phi) is 8.41. The minimum Gasteiger partial charge on any atom is -0.480 e. The number of nitrogens with zero attached hydrogens (tertiary/aromatic N) is 1. The van der Waals surface area contributed by atoms with Crippen LogP contribution in [0.4, 0.5) is 4.79 Å². The van der Waals surface area contributed by atoms with Crippen LogP contribution in [0.25, 0.3) is 0 Å². The molecule has 0 aromatic rings. The number of carboxylic acids is 1. The Morgan fingerprint density at radius 3 is 2.44 bits per heavy atom. The van der Waals surface area contributed by atoms with Crippen molar-refractivity contribution in [2.24, 2.45) is 0 Å². The molecule has 0 aliphatic heterocycles. The van der Waals surface area contributed by atoms with Crippen LogP contribution in [0, 0.1) is 12.3 Å². The lowest BCUT2D eigenvalue weighted by molar-refractivity contribution is -0.139. The van der Waals surface area contributed by atoms with Gasteiger partial charge in [-0.2, -0.15) is 0 Å². The summed E-state index contributed by atoms with van der Waals surface area (Å²) in [5, 5.41) is 13.7. The Balaban J connectivity index is 3.96. The first-order valence-corrected chi connectivity index (χ1v) is 5.98. The normalized spacial score (nSPS) is 11.7. The van der Waals surface area contributed by atoms with Crippen molar-refractivity contribution in [3.05, 3.63) is 0 Å². The van der Waals surface area contributed by atoms with Gasteiger partial charge in [0.2, 0.25) is 0 Å². The van der Waals surface area contributed by atoms with Crippen LogP contribution in [0.15, 0.2) is 0 Å². The van der Waals surface area contributed by atoms with Crippen molar-refractivity contribution in [1.29, 1.82) is 0 Å². The van der Waals surface area contributed by atoms with Crippen molar-refractivity contribution >= 4 is 12.0 Å². The molecular weight excluding hydrogens is 234 g/mol. The van der Waals surface area contributed by atoms with Crippen LogP contribution in [0.1, 0.15) is 20.3 Å². The van der Waals surface area contributed by atoms with E-state index in [0.29, 0.717) is 6.54 Å². The van der Waals surface area contributed by atoms with Gasteiger partial charge in [0.05, 0.1) is 0 Å². The fourth-order valence-corrected chi connectivity index (χ4v) is 1.39. The van der Waals surface area contributed by atoms with Crippen molar-refractivity contribution < 1.29 is 14.7 Å². The molecule has 0 spiro atoms. The van der Waals surface area contributed by atoms with Crippen LogP contribution in [-0.2, 0) is 4.79 Å². The Morgan fingerprint density at radius 2 is 2.00 bits per heavy atom. The van der Waals surface area contributed by atoms with E-state index in [0.717, 1.165) is 19.6 Å². The molecule has 0 bridgehead atoms. The molecule has 2 amide bonds. The fraction of sp³-hybridized carbons (Fsp3) is 0.667. The van der Waals surface area contributed by atoms with E-state index in [1.165, 1.54) is 0 Å². The lowest BCUT2D eigenvalue weighted by Gasteiger charge is -2.18. The van der Waals surface area contributed by atoms with E-state index in [4.69, 9.17) is 11.5 Å². The molecule has 1 unspecified atom stereocenters. The van der Waals surface area contributed by atoms with Gasteiger partial charge in [-0.1, -0.05) is 13.8 Å². The Labute approximate surface area is 108 Å². The molecular formula is C12H21N3O3. The van der Waals surface area contributed by atoms with Crippen molar-refractivity contribution in [1.82, 2.24) is 15.5 Å². The SMILES string of the molecule is C#CCC(NC(=O)NCCN(CC)CC)C(=O)O. The van der Waals surface area contributed by atoms with E-state index >= 15 is 0 Å². The minimum atomic E-state index is -1.13. The summed E-state index contributed by atoms with van der Waals surface area (Å²) in [4.78, 5) is 24.3. The third kappa shape index (κ3) is 6.76. The lowest BCUT2D eigenvalue weighted by Crippen LogP contribution is -2.47. The molecule has 0 fully saturated rings. The molecule has 0 saturated carbocycles. The lowest BCUT2D eigenvalue weighted by atomic mass is 10.2. The zero-order chi connectivity index (χ0) is 14.0. The van der Waals surface area contributed by atoms with E-state index in [-0.39, 0.29) is 6.42 Å². The molecule has 3 N–H and O–H groups in total. The van der Waals surface area contributed by atoms with Gasteiger partial charge in [0.1, 0.15) is 6.04 Å². The van der Waals surface area contributed by atoms with Gasteiger partial charge in [-0.25, -0.2) is 9.59 Å². The second-order valence-electron chi connectivity index (χ2n) is 3.73. The van der Waals surface area contributed by atoms with Gasteiger partial charge in [-0.05, 0) is 13.1 Å². The molecule has 0 rings (SSSR count). The standard InChI is InChI=1S/C12H21N3O3/c1-4-7-10(11(16)17)14-12(18)13-8-9-15(5-2)6-3/h1,10H,5-9H2,2-3H3,(H,16,17)(H2,13,14,18). The molecule has 6 nitrogen and oxygen atoms in total. The zero-order valence-electron chi connectivity index (χ0n) is 10.9. The van der Waals surface area contributed by atoms with E-state index < -0.39 is 18.0 Å². The fourth-order valence-electron chi connectivity index (χ4n) is 1.39. The van der Waals surface area contributed by atoms with Crippen molar-refractivity contribution in [2.45, 2.75) is 26.3 Å². The molecule has 0 radical (unpaired) electrons. The number of hydrogen-bond donors (Lipinski definition) is 3. The van der Waals surface area contributed by atoms with Crippen LogP contribution < -0.4 is 10.6 Å². The monoisotopic (exact) mass is 255 g/mol. The summed E-state index contributed by atoms with van der Waals surface area (Å²) in [6.45, 7) is 7.10. The van der Waals surface area contributed by atoms with Crippen LogP contribution in [0.3, 0.4) is 0 Å². The number of amides is 2. The highest BCUT2D eigenvalue weighted by molar-refractivity contribution is 5.82. The number of carboxylic acid groups (broad SMARTS) is 1. The molecule has 6 heteroatoms. The maximum atomic E-state index is 11.4. The van der Waals surface area contributed by atoms with Gasteiger partial charge in [-0.15, -0.1) is 12.3 Å². The van der Waals surface area contributed by atoms with E-state index in [2.05, 4.69) is 21.5 Å². The topological polar surface area (TPSA) is 81.7 Å². The zero-order valence-corrected chi connectivity index (χ0v) is 10.9. The highest BCUT2D eigenvalue weighted by Gasteiger charge is 2.18. The van der Waals surface area contributed by atoms with Crippen molar-refractivity contribution in [3.8, 4) is 12.3 Å². The number of urea groups is 1. The second-order valence-corrected chi connectivity index (χ2v) is 3.73. The summed E-state index contributed by atoms with van der Waals surface area (Å²) in [6.07, 6.45) is 5.00. The van der Waals surface area contributed by atoms with E-state index in [9.17, 15) is 9.59 Å². The maximum Gasteiger partial charge on any atom is 0.327 e.